The van der Waals surface area contributed by atoms with E-state index in [1.807, 2.05) is 6.92 Å². The average molecular weight is 326 g/mol. The molecule has 2 aromatic rings. The molecule has 0 radical (unpaired) electrons. The van der Waals surface area contributed by atoms with Gasteiger partial charge in [-0.05, 0) is 31.6 Å². The van der Waals surface area contributed by atoms with Gasteiger partial charge in [0.25, 0.3) is 5.56 Å². The molecule has 0 bridgehead atoms. The molecule has 124 valence electrons. The zero-order valence-electron chi connectivity index (χ0n) is 13.6. The Morgan fingerprint density at radius 1 is 1.38 bits per heavy atom. The van der Waals surface area contributed by atoms with Crippen molar-refractivity contribution in [3.05, 3.63) is 81.7 Å². The molecule has 2 rings (SSSR count). The van der Waals surface area contributed by atoms with Crippen molar-refractivity contribution in [3.8, 4) is 0 Å². The van der Waals surface area contributed by atoms with E-state index in [9.17, 15) is 9.18 Å². The van der Waals surface area contributed by atoms with Crippen LogP contribution in [0.2, 0.25) is 0 Å². The van der Waals surface area contributed by atoms with Gasteiger partial charge in [-0.2, -0.15) is 0 Å². The fourth-order valence-electron chi connectivity index (χ4n) is 2.14. The summed E-state index contributed by atoms with van der Waals surface area (Å²) >= 11 is 0. The second-order valence-corrected chi connectivity index (χ2v) is 5.24. The largest absolute Gasteiger partial charge is 0.397 e. The van der Waals surface area contributed by atoms with Gasteiger partial charge in [-0.15, -0.1) is 0 Å². The van der Waals surface area contributed by atoms with Crippen LogP contribution in [0.3, 0.4) is 0 Å². The van der Waals surface area contributed by atoms with Crippen LogP contribution >= 0.6 is 0 Å². The van der Waals surface area contributed by atoms with Gasteiger partial charge < -0.3 is 16.5 Å². The topological polar surface area (TPSA) is 97.8 Å². The van der Waals surface area contributed by atoms with Crippen LogP contribution < -0.4 is 17.0 Å². The number of halogens is 1. The van der Waals surface area contributed by atoms with E-state index in [0.29, 0.717) is 16.6 Å². The molecule has 1 heterocycles. The smallest absolute Gasteiger partial charge is 0.276 e. The Morgan fingerprint density at radius 2 is 2.08 bits per heavy atom. The molecule has 0 spiro atoms. The van der Waals surface area contributed by atoms with E-state index < -0.39 is 11.4 Å². The first-order valence-corrected chi connectivity index (χ1v) is 7.30. The first-order valence-electron chi connectivity index (χ1n) is 7.30. The van der Waals surface area contributed by atoms with Crippen molar-refractivity contribution in [2.24, 2.45) is 11.5 Å². The number of aromatic amines is 1. The van der Waals surface area contributed by atoms with Crippen LogP contribution in [0.5, 0.6) is 0 Å². The maximum atomic E-state index is 13.4. The molecule has 0 unspecified atom stereocenters. The fraction of sp³-hybridized carbons (Fsp3) is 0.111. The third-order valence-electron chi connectivity index (χ3n) is 3.53. The van der Waals surface area contributed by atoms with Crippen LogP contribution in [0, 0.1) is 5.82 Å². The Labute approximate surface area is 138 Å². The van der Waals surface area contributed by atoms with E-state index in [4.69, 9.17) is 11.5 Å². The van der Waals surface area contributed by atoms with Crippen molar-refractivity contribution in [1.29, 1.82) is 0 Å². The lowest BCUT2D eigenvalue weighted by molar-refractivity contribution is 0.629. The van der Waals surface area contributed by atoms with E-state index in [2.05, 4.69) is 16.5 Å². The van der Waals surface area contributed by atoms with Gasteiger partial charge in [0.2, 0.25) is 0 Å². The molecule has 0 atom stereocenters. The number of hydrogen-bond donors (Lipinski definition) is 3. The molecule has 5 N–H and O–H groups in total. The molecule has 0 amide bonds. The van der Waals surface area contributed by atoms with Crippen molar-refractivity contribution in [2.45, 2.75) is 13.8 Å². The minimum atomic E-state index is -0.491. The highest BCUT2D eigenvalue weighted by Crippen LogP contribution is 2.17. The maximum absolute atomic E-state index is 13.4. The summed E-state index contributed by atoms with van der Waals surface area (Å²) in [4.78, 5) is 19.0. The Kier molecular flexibility index (Phi) is 4.99. The lowest BCUT2D eigenvalue weighted by atomic mass is 10.1. The Balaban J connectivity index is 2.64. The van der Waals surface area contributed by atoms with Gasteiger partial charge in [0.05, 0.1) is 22.4 Å². The van der Waals surface area contributed by atoms with Gasteiger partial charge in [-0.1, -0.05) is 30.4 Å². The predicted molar refractivity (Wildman–Crippen MR) is 95.3 cm³/mol. The minimum absolute atomic E-state index is 0.0311. The molecule has 24 heavy (non-hydrogen) atoms. The highest BCUT2D eigenvalue weighted by molar-refractivity contribution is 5.77. The van der Waals surface area contributed by atoms with Gasteiger partial charge in [0.1, 0.15) is 5.82 Å². The van der Waals surface area contributed by atoms with E-state index in [0.717, 1.165) is 5.57 Å². The Bertz CT molecular complexity index is 951. The summed E-state index contributed by atoms with van der Waals surface area (Å²) in [6.07, 6.45) is 5.24. The predicted octanol–water partition coefficient (Wildman–Crippen LogP) is 2.73. The minimum Gasteiger partial charge on any atom is -0.397 e. The van der Waals surface area contributed by atoms with Crippen LogP contribution in [-0.2, 0) is 0 Å². The van der Waals surface area contributed by atoms with Gasteiger partial charge in [0.15, 0.2) is 5.69 Å². The summed E-state index contributed by atoms with van der Waals surface area (Å²) in [5.41, 5.74) is 14.1. The lowest BCUT2D eigenvalue weighted by Crippen LogP contribution is -2.21. The summed E-state index contributed by atoms with van der Waals surface area (Å²) in [5.74, 6) is -0.456. The highest BCUT2D eigenvalue weighted by Gasteiger charge is 2.13. The van der Waals surface area contributed by atoms with Crippen LogP contribution in [-0.4, -0.2) is 9.97 Å². The quantitative estimate of drug-likeness (QED) is 0.752. The van der Waals surface area contributed by atoms with Crippen molar-refractivity contribution in [2.75, 3.05) is 0 Å². The van der Waals surface area contributed by atoms with Crippen LogP contribution in [0.4, 0.5) is 4.39 Å². The second-order valence-electron chi connectivity index (χ2n) is 5.24. The first kappa shape index (κ1) is 17.2. The molecular weight excluding hydrogens is 307 g/mol. The molecule has 0 aliphatic heterocycles. The van der Waals surface area contributed by atoms with Gasteiger partial charge in [-0.25, -0.2) is 9.37 Å². The van der Waals surface area contributed by atoms with Crippen LogP contribution in [0.25, 0.3) is 16.7 Å². The Hall–Kier alpha value is -3.15. The number of benzene rings is 1. The van der Waals surface area contributed by atoms with E-state index in [1.165, 1.54) is 18.2 Å². The maximum Gasteiger partial charge on any atom is 0.276 e. The van der Waals surface area contributed by atoms with Crippen molar-refractivity contribution in [3.63, 3.8) is 0 Å². The number of nitrogens with zero attached hydrogens (tertiary/aromatic N) is 1. The zero-order chi connectivity index (χ0) is 17.9. The van der Waals surface area contributed by atoms with Gasteiger partial charge in [-0.3, -0.25) is 4.79 Å². The zero-order valence-corrected chi connectivity index (χ0v) is 13.6. The van der Waals surface area contributed by atoms with Crippen molar-refractivity contribution in [1.82, 2.24) is 9.97 Å². The fourth-order valence-corrected chi connectivity index (χ4v) is 2.14. The van der Waals surface area contributed by atoms with Crippen LogP contribution in [0.15, 0.2) is 64.6 Å². The average Bonchev–Trinajstić information content (AvgIpc) is 2.57. The van der Waals surface area contributed by atoms with Gasteiger partial charge in [0, 0.05) is 6.07 Å². The molecule has 0 aliphatic rings. The molecule has 6 heteroatoms. The Morgan fingerprint density at radius 3 is 2.71 bits per heavy atom. The third-order valence-corrected chi connectivity index (χ3v) is 3.53. The summed E-state index contributed by atoms with van der Waals surface area (Å²) in [5, 5.41) is 0. The van der Waals surface area contributed by atoms with E-state index in [-0.39, 0.29) is 17.1 Å². The molecule has 0 aliphatic carbocycles. The first-order chi connectivity index (χ1) is 11.4. The van der Waals surface area contributed by atoms with Gasteiger partial charge >= 0.3 is 0 Å². The molecule has 5 nitrogen and oxygen atoms in total. The molecule has 1 aromatic heterocycles. The van der Waals surface area contributed by atoms with E-state index in [1.54, 1.807) is 25.2 Å². The normalized spacial score (nSPS) is 13.8. The molecule has 1 aromatic carbocycles. The van der Waals surface area contributed by atoms with Crippen molar-refractivity contribution >= 4 is 16.7 Å². The SMILES string of the molecule is C=C\C(C)=C/C(=C\C)C(/N)=C(\N)c1nc2cc(F)ccc2[nH]c1=O. The van der Waals surface area contributed by atoms with E-state index >= 15 is 0 Å². The highest BCUT2D eigenvalue weighted by atomic mass is 19.1. The number of fused-ring (bicyclic) bond motifs is 1. The monoisotopic (exact) mass is 326 g/mol. The number of rotatable bonds is 4. The summed E-state index contributed by atoms with van der Waals surface area (Å²) in [7, 11) is 0. The number of H-pyrrole nitrogens is 1. The lowest BCUT2D eigenvalue weighted by Gasteiger charge is -2.09. The number of aromatic nitrogens is 2. The molecule has 0 saturated heterocycles. The van der Waals surface area contributed by atoms with Crippen molar-refractivity contribution < 1.29 is 4.39 Å². The standard InChI is InChI=1S/C18H19FN4O/c1-4-10(3)8-11(5-2)15(20)16(21)17-18(24)23-13-7-6-12(19)9-14(13)22-17/h4-9H,1,20-21H2,2-3H3,(H,23,24)/b10-8-,11-5+,16-15+. The number of hydrogen-bond acceptors (Lipinski definition) is 4. The number of nitrogens with one attached hydrogen (secondary N) is 1. The number of allylic oxidation sites excluding steroid dienone is 4. The molecule has 0 saturated carbocycles. The third kappa shape index (κ3) is 3.43. The summed E-state index contributed by atoms with van der Waals surface area (Å²) < 4.78 is 13.4. The number of nitrogens with two attached hydrogens (primary N) is 2. The van der Waals surface area contributed by atoms with Crippen LogP contribution in [0.1, 0.15) is 19.5 Å². The summed E-state index contributed by atoms with van der Waals surface area (Å²) in [6.45, 7) is 7.35. The second kappa shape index (κ2) is 6.95. The molecular formula is C18H19FN4O. The molecule has 0 fully saturated rings. The summed E-state index contributed by atoms with van der Waals surface area (Å²) in [6, 6.07) is 3.91.